The molecule has 0 fully saturated rings. The maximum absolute atomic E-state index is 11.4. The number of aliphatic hydroxyl groups is 1. The number of rotatable bonds is 4. The zero-order valence-corrected chi connectivity index (χ0v) is 10.5. The van der Waals surface area contributed by atoms with Gasteiger partial charge in [0.1, 0.15) is 0 Å². The van der Waals surface area contributed by atoms with Crippen molar-refractivity contribution in [2.45, 2.75) is 44.9 Å². The molecule has 1 amide bonds. The molecule has 84 valence electrons. The highest BCUT2D eigenvalue weighted by atomic mass is 32.2. The third-order valence-corrected chi connectivity index (χ3v) is 2.78. The van der Waals surface area contributed by atoms with Crippen LogP contribution < -0.4 is 5.32 Å². The van der Waals surface area contributed by atoms with Crippen molar-refractivity contribution in [3.63, 3.8) is 0 Å². The average molecular weight is 219 g/mol. The first-order chi connectivity index (χ1) is 6.16. The van der Waals surface area contributed by atoms with Gasteiger partial charge in [-0.25, -0.2) is 0 Å². The number of carbonyl (C=O) groups is 1. The molecular weight excluding hydrogens is 198 g/mol. The minimum atomic E-state index is -0.518. The Bertz CT molecular complexity index is 197. The van der Waals surface area contributed by atoms with E-state index >= 15 is 0 Å². The third kappa shape index (κ3) is 7.21. The topological polar surface area (TPSA) is 49.3 Å². The second-order valence-electron chi connectivity index (χ2n) is 4.99. The molecule has 0 atom stereocenters. The molecule has 0 aliphatic rings. The summed E-state index contributed by atoms with van der Waals surface area (Å²) in [7, 11) is 0. The number of hydrogen-bond donors (Lipinski definition) is 2. The number of aliphatic hydroxyl groups excluding tert-OH is 1. The zero-order valence-electron chi connectivity index (χ0n) is 9.68. The SMILES string of the molecule is CC(C)(CO)NC(=O)CSC(C)(C)C. The van der Waals surface area contributed by atoms with Gasteiger partial charge in [0.2, 0.25) is 5.91 Å². The molecule has 0 aromatic carbocycles. The molecule has 2 N–H and O–H groups in total. The summed E-state index contributed by atoms with van der Waals surface area (Å²) in [6.07, 6.45) is 0. The van der Waals surface area contributed by atoms with Gasteiger partial charge in [-0.15, -0.1) is 11.8 Å². The maximum Gasteiger partial charge on any atom is 0.230 e. The molecule has 0 aliphatic heterocycles. The molecule has 0 radical (unpaired) electrons. The quantitative estimate of drug-likeness (QED) is 0.751. The lowest BCUT2D eigenvalue weighted by Crippen LogP contribution is -2.47. The Labute approximate surface area is 90.7 Å². The molecule has 0 bridgehead atoms. The van der Waals surface area contributed by atoms with Crippen molar-refractivity contribution < 1.29 is 9.90 Å². The Morgan fingerprint density at radius 2 is 1.79 bits per heavy atom. The van der Waals surface area contributed by atoms with Gasteiger partial charge in [-0.3, -0.25) is 4.79 Å². The summed E-state index contributed by atoms with van der Waals surface area (Å²) in [4.78, 5) is 11.4. The fraction of sp³-hybridized carbons (Fsp3) is 0.900. The predicted molar refractivity (Wildman–Crippen MR) is 61.5 cm³/mol. The predicted octanol–water partition coefficient (Wildman–Crippen LogP) is 1.41. The molecule has 3 nitrogen and oxygen atoms in total. The smallest absolute Gasteiger partial charge is 0.230 e. The van der Waals surface area contributed by atoms with Gasteiger partial charge in [-0.2, -0.15) is 0 Å². The molecule has 0 saturated heterocycles. The molecule has 0 heterocycles. The van der Waals surface area contributed by atoms with Gasteiger partial charge in [0.05, 0.1) is 17.9 Å². The number of nitrogens with one attached hydrogen (secondary N) is 1. The Hall–Kier alpha value is -0.220. The largest absolute Gasteiger partial charge is 0.394 e. The summed E-state index contributed by atoms with van der Waals surface area (Å²) in [6.45, 7) is 9.77. The fourth-order valence-corrected chi connectivity index (χ4v) is 1.37. The van der Waals surface area contributed by atoms with Crippen LogP contribution >= 0.6 is 11.8 Å². The molecule has 14 heavy (non-hydrogen) atoms. The van der Waals surface area contributed by atoms with E-state index in [1.165, 1.54) is 0 Å². The van der Waals surface area contributed by atoms with E-state index in [1.807, 2.05) is 0 Å². The summed E-state index contributed by atoms with van der Waals surface area (Å²) < 4.78 is 0.0979. The van der Waals surface area contributed by atoms with Gasteiger partial charge in [-0.05, 0) is 13.8 Å². The van der Waals surface area contributed by atoms with Crippen LogP contribution in [0.15, 0.2) is 0 Å². The van der Waals surface area contributed by atoms with E-state index in [1.54, 1.807) is 25.6 Å². The van der Waals surface area contributed by atoms with Gasteiger partial charge in [0, 0.05) is 4.75 Å². The van der Waals surface area contributed by atoms with Crippen molar-refractivity contribution in [3.8, 4) is 0 Å². The summed E-state index contributed by atoms with van der Waals surface area (Å²) in [6, 6.07) is 0. The van der Waals surface area contributed by atoms with Crippen molar-refractivity contribution in [2.24, 2.45) is 0 Å². The highest BCUT2D eigenvalue weighted by Gasteiger charge is 2.20. The molecule has 0 unspecified atom stereocenters. The molecule has 0 saturated carbocycles. The lowest BCUT2D eigenvalue weighted by Gasteiger charge is -2.24. The molecule has 0 rings (SSSR count). The van der Waals surface area contributed by atoms with Gasteiger partial charge in [0.15, 0.2) is 0 Å². The van der Waals surface area contributed by atoms with E-state index in [9.17, 15) is 4.79 Å². The summed E-state index contributed by atoms with van der Waals surface area (Å²) in [5.74, 6) is 0.413. The van der Waals surface area contributed by atoms with Gasteiger partial charge in [0.25, 0.3) is 0 Å². The monoisotopic (exact) mass is 219 g/mol. The molecule has 0 aromatic heterocycles. The van der Waals surface area contributed by atoms with Crippen molar-refractivity contribution in [1.82, 2.24) is 5.32 Å². The van der Waals surface area contributed by atoms with Crippen molar-refractivity contribution >= 4 is 17.7 Å². The van der Waals surface area contributed by atoms with Crippen LogP contribution in [-0.2, 0) is 4.79 Å². The highest BCUT2D eigenvalue weighted by Crippen LogP contribution is 2.22. The molecular formula is C10H21NO2S. The first-order valence-electron chi connectivity index (χ1n) is 4.72. The number of carbonyl (C=O) groups excluding carboxylic acids is 1. The lowest BCUT2D eigenvalue weighted by molar-refractivity contribution is -0.120. The van der Waals surface area contributed by atoms with Gasteiger partial charge in [-0.1, -0.05) is 20.8 Å². The highest BCUT2D eigenvalue weighted by molar-refractivity contribution is 8.01. The molecule has 0 spiro atoms. The van der Waals surface area contributed by atoms with E-state index in [0.717, 1.165) is 0 Å². The maximum atomic E-state index is 11.4. The van der Waals surface area contributed by atoms with Crippen LogP contribution in [0, 0.1) is 0 Å². The van der Waals surface area contributed by atoms with Crippen LogP contribution in [0.3, 0.4) is 0 Å². The first kappa shape index (κ1) is 13.8. The first-order valence-corrected chi connectivity index (χ1v) is 5.71. The average Bonchev–Trinajstić information content (AvgIpc) is 1.99. The Balaban J connectivity index is 3.89. The van der Waals surface area contributed by atoms with E-state index < -0.39 is 5.54 Å². The second-order valence-corrected chi connectivity index (χ2v) is 6.79. The summed E-state index contributed by atoms with van der Waals surface area (Å²) in [5.41, 5.74) is -0.518. The molecule has 0 aliphatic carbocycles. The minimum absolute atomic E-state index is 0.0241. The second kappa shape index (κ2) is 5.03. The van der Waals surface area contributed by atoms with Crippen LogP contribution in [0.1, 0.15) is 34.6 Å². The van der Waals surface area contributed by atoms with E-state index in [2.05, 4.69) is 26.1 Å². The number of hydrogen-bond acceptors (Lipinski definition) is 3. The normalized spacial score (nSPS) is 12.7. The fourth-order valence-electron chi connectivity index (χ4n) is 0.735. The minimum Gasteiger partial charge on any atom is -0.394 e. The van der Waals surface area contributed by atoms with Crippen LogP contribution in [0.5, 0.6) is 0 Å². The van der Waals surface area contributed by atoms with Gasteiger partial charge >= 0.3 is 0 Å². The lowest BCUT2D eigenvalue weighted by atomic mass is 10.1. The Morgan fingerprint density at radius 1 is 1.29 bits per heavy atom. The standard InChI is InChI=1S/C10H21NO2S/c1-9(2,3)14-6-8(13)11-10(4,5)7-12/h12H,6-7H2,1-5H3,(H,11,13). The van der Waals surface area contributed by atoms with E-state index in [4.69, 9.17) is 5.11 Å². The Morgan fingerprint density at radius 3 is 2.14 bits per heavy atom. The van der Waals surface area contributed by atoms with Crippen LogP contribution in [0.25, 0.3) is 0 Å². The summed E-state index contributed by atoms with van der Waals surface area (Å²) >= 11 is 1.60. The van der Waals surface area contributed by atoms with Crippen LogP contribution in [0.4, 0.5) is 0 Å². The number of amides is 1. The van der Waals surface area contributed by atoms with Crippen molar-refractivity contribution in [2.75, 3.05) is 12.4 Å². The number of thioether (sulfide) groups is 1. The van der Waals surface area contributed by atoms with E-state index in [0.29, 0.717) is 5.75 Å². The van der Waals surface area contributed by atoms with Crippen molar-refractivity contribution in [3.05, 3.63) is 0 Å². The van der Waals surface area contributed by atoms with Crippen molar-refractivity contribution in [1.29, 1.82) is 0 Å². The summed E-state index contributed by atoms with van der Waals surface area (Å²) in [5, 5.41) is 11.7. The zero-order chi connectivity index (χ0) is 11.4. The Kier molecular flexibility index (Phi) is 4.95. The van der Waals surface area contributed by atoms with Crippen LogP contribution in [0.2, 0.25) is 0 Å². The van der Waals surface area contributed by atoms with Crippen LogP contribution in [-0.4, -0.2) is 33.7 Å². The molecule has 4 heteroatoms. The third-order valence-electron chi connectivity index (χ3n) is 1.51. The van der Waals surface area contributed by atoms with Gasteiger partial charge < -0.3 is 10.4 Å². The van der Waals surface area contributed by atoms with E-state index in [-0.39, 0.29) is 17.3 Å². The molecule has 0 aromatic rings.